The van der Waals surface area contributed by atoms with E-state index in [1.807, 2.05) is 35.8 Å². The SMILES string of the molecule is CCn1nc(C)c(C(=O)N2CCCC(c3nccn3C(C)C)C2)c1C. The Kier molecular flexibility index (Phi) is 4.97. The van der Waals surface area contributed by atoms with E-state index in [0.29, 0.717) is 12.0 Å². The van der Waals surface area contributed by atoms with Gasteiger partial charge in [-0.2, -0.15) is 5.10 Å². The molecule has 3 rings (SSSR count). The van der Waals surface area contributed by atoms with E-state index in [2.05, 4.69) is 35.4 Å². The van der Waals surface area contributed by atoms with E-state index in [-0.39, 0.29) is 5.91 Å². The van der Waals surface area contributed by atoms with E-state index < -0.39 is 0 Å². The molecule has 25 heavy (non-hydrogen) atoms. The Morgan fingerprint density at radius 2 is 2.12 bits per heavy atom. The maximum Gasteiger partial charge on any atom is 0.257 e. The van der Waals surface area contributed by atoms with E-state index in [1.165, 1.54) is 0 Å². The first-order valence-electron chi connectivity index (χ1n) is 9.30. The third-order valence-electron chi connectivity index (χ3n) is 5.22. The fourth-order valence-electron chi connectivity index (χ4n) is 3.92. The van der Waals surface area contributed by atoms with Gasteiger partial charge in [-0.05, 0) is 47.5 Å². The maximum absolute atomic E-state index is 13.1. The van der Waals surface area contributed by atoms with Crippen molar-refractivity contribution >= 4 is 5.91 Å². The summed E-state index contributed by atoms with van der Waals surface area (Å²) < 4.78 is 4.14. The van der Waals surface area contributed by atoms with Crippen molar-refractivity contribution in [3.05, 3.63) is 35.2 Å². The van der Waals surface area contributed by atoms with Crippen LogP contribution in [0.3, 0.4) is 0 Å². The topological polar surface area (TPSA) is 56.0 Å². The Morgan fingerprint density at radius 3 is 2.76 bits per heavy atom. The zero-order chi connectivity index (χ0) is 18.1. The minimum atomic E-state index is 0.113. The van der Waals surface area contributed by atoms with Crippen LogP contribution in [0.1, 0.15) is 73.1 Å². The molecule has 0 spiro atoms. The van der Waals surface area contributed by atoms with Crippen LogP contribution in [-0.4, -0.2) is 43.2 Å². The summed E-state index contributed by atoms with van der Waals surface area (Å²) in [5.74, 6) is 1.52. The highest BCUT2D eigenvalue weighted by molar-refractivity contribution is 5.96. The first-order chi connectivity index (χ1) is 11.9. The van der Waals surface area contributed by atoms with Gasteiger partial charge in [0.1, 0.15) is 5.82 Å². The average Bonchev–Trinajstić information content (AvgIpc) is 3.19. The Bertz CT molecular complexity index is 758. The van der Waals surface area contributed by atoms with Gasteiger partial charge >= 0.3 is 0 Å². The van der Waals surface area contributed by atoms with Crippen LogP contribution >= 0.6 is 0 Å². The van der Waals surface area contributed by atoms with Gasteiger partial charge in [0.25, 0.3) is 5.91 Å². The van der Waals surface area contributed by atoms with Crippen LogP contribution in [0.25, 0.3) is 0 Å². The van der Waals surface area contributed by atoms with Crippen LogP contribution in [0.4, 0.5) is 0 Å². The summed E-state index contributed by atoms with van der Waals surface area (Å²) in [5.41, 5.74) is 2.57. The highest BCUT2D eigenvalue weighted by atomic mass is 16.2. The number of rotatable bonds is 4. The standard InChI is InChI=1S/C19H29N5O/c1-6-24-15(5)17(14(4)21-24)19(25)22-10-7-8-16(12-22)18-20-9-11-23(18)13(2)3/h9,11,13,16H,6-8,10,12H2,1-5H3. The summed E-state index contributed by atoms with van der Waals surface area (Å²) in [7, 11) is 0. The van der Waals surface area contributed by atoms with Crippen molar-refractivity contribution in [1.82, 2.24) is 24.2 Å². The molecule has 2 aromatic rings. The zero-order valence-corrected chi connectivity index (χ0v) is 16.0. The highest BCUT2D eigenvalue weighted by Crippen LogP contribution is 2.29. The minimum Gasteiger partial charge on any atom is -0.338 e. The fourth-order valence-corrected chi connectivity index (χ4v) is 3.92. The number of aromatic nitrogens is 4. The summed E-state index contributed by atoms with van der Waals surface area (Å²) in [6.07, 6.45) is 6.01. The molecule has 3 heterocycles. The van der Waals surface area contributed by atoms with Crippen molar-refractivity contribution in [2.45, 2.75) is 66.0 Å². The minimum absolute atomic E-state index is 0.113. The summed E-state index contributed by atoms with van der Waals surface area (Å²) >= 11 is 0. The fraction of sp³-hybridized carbons (Fsp3) is 0.632. The van der Waals surface area contributed by atoms with E-state index in [4.69, 9.17) is 0 Å². The van der Waals surface area contributed by atoms with Crippen LogP contribution in [0.2, 0.25) is 0 Å². The molecule has 136 valence electrons. The number of imidazole rings is 1. The van der Waals surface area contributed by atoms with Crippen LogP contribution in [0.5, 0.6) is 0 Å². The number of aryl methyl sites for hydroxylation is 2. The number of likely N-dealkylation sites (tertiary alicyclic amines) is 1. The lowest BCUT2D eigenvalue weighted by molar-refractivity contribution is 0.0701. The van der Waals surface area contributed by atoms with Crippen molar-refractivity contribution in [3.63, 3.8) is 0 Å². The molecule has 2 aromatic heterocycles. The van der Waals surface area contributed by atoms with Gasteiger partial charge in [0.05, 0.1) is 11.3 Å². The molecule has 0 aromatic carbocycles. The Balaban J connectivity index is 1.83. The molecule has 0 radical (unpaired) electrons. The van der Waals surface area contributed by atoms with Gasteiger partial charge in [-0.1, -0.05) is 0 Å². The number of piperidine rings is 1. The van der Waals surface area contributed by atoms with Gasteiger partial charge in [0, 0.05) is 49.7 Å². The average molecular weight is 343 g/mol. The summed E-state index contributed by atoms with van der Waals surface area (Å²) in [4.78, 5) is 19.7. The smallest absolute Gasteiger partial charge is 0.257 e. The molecule has 1 amide bonds. The van der Waals surface area contributed by atoms with Gasteiger partial charge in [-0.3, -0.25) is 9.48 Å². The summed E-state index contributed by atoms with van der Waals surface area (Å²) in [6.45, 7) is 12.6. The van der Waals surface area contributed by atoms with Crippen LogP contribution in [-0.2, 0) is 6.54 Å². The lowest BCUT2D eigenvalue weighted by Crippen LogP contribution is -2.40. The quantitative estimate of drug-likeness (QED) is 0.856. The molecular formula is C19H29N5O. The normalized spacial score (nSPS) is 18.2. The molecule has 6 heteroatoms. The molecule has 1 saturated heterocycles. The van der Waals surface area contributed by atoms with Gasteiger partial charge in [0.15, 0.2) is 0 Å². The van der Waals surface area contributed by atoms with Crippen molar-refractivity contribution in [3.8, 4) is 0 Å². The van der Waals surface area contributed by atoms with E-state index in [0.717, 1.165) is 55.3 Å². The Labute approximate surface area is 149 Å². The second-order valence-corrected chi connectivity index (χ2v) is 7.24. The van der Waals surface area contributed by atoms with Gasteiger partial charge in [-0.25, -0.2) is 4.98 Å². The predicted molar refractivity (Wildman–Crippen MR) is 97.9 cm³/mol. The molecule has 0 bridgehead atoms. The molecule has 1 fully saturated rings. The number of nitrogens with zero attached hydrogens (tertiary/aromatic N) is 5. The molecule has 0 N–H and O–H groups in total. The number of carbonyl (C=O) groups excluding carboxylic acids is 1. The lowest BCUT2D eigenvalue weighted by atomic mass is 9.96. The van der Waals surface area contributed by atoms with Crippen LogP contribution < -0.4 is 0 Å². The molecule has 1 unspecified atom stereocenters. The van der Waals surface area contributed by atoms with Crippen molar-refractivity contribution in [2.24, 2.45) is 0 Å². The summed E-state index contributed by atoms with van der Waals surface area (Å²) in [5, 5.41) is 4.50. The summed E-state index contributed by atoms with van der Waals surface area (Å²) in [6, 6.07) is 0.385. The monoisotopic (exact) mass is 343 g/mol. The van der Waals surface area contributed by atoms with E-state index >= 15 is 0 Å². The van der Waals surface area contributed by atoms with Gasteiger partial charge in [-0.15, -0.1) is 0 Å². The largest absolute Gasteiger partial charge is 0.338 e. The number of carbonyl (C=O) groups is 1. The van der Waals surface area contributed by atoms with E-state index in [9.17, 15) is 4.79 Å². The number of amides is 1. The molecule has 0 saturated carbocycles. The van der Waals surface area contributed by atoms with Gasteiger partial charge in [0.2, 0.25) is 0 Å². The third kappa shape index (κ3) is 3.22. The number of hydrogen-bond acceptors (Lipinski definition) is 3. The zero-order valence-electron chi connectivity index (χ0n) is 16.0. The second kappa shape index (κ2) is 7.02. The first-order valence-corrected chi connectivity index (χ1v) is 9.30. The molecule has 1 atom stereocenters. The maximum atomic E-state index is 13.1. The molecule has 1 aliphatic rings. The van der Waals surface area contributed by atoms with E-state index in [1.54, 1.807) is 0 Å². The highest BCUT2D eigenvalue weighted by Gasteiger charge is 2.30. The Hall–Kier alpha value is -2.11. The molecule has 6 nitrogen and oxygen atoms in total. The van der Waals surface area contributed by atoms with Crippen LogP contribution in [0, 0.1) is 13.8 Å². The molecule has 0 aliphatic carbocycles. The Morgan fingerprint density at radius 1 is 1.36 bits per heavy atom. The van der Waals surface area contributed by atoms with Crippen molar-refractivity contribution in [2.75, 3.05) is 13.1 Å². The molecule has 1 aliphatic heterocycles. The molecular weight excluding hydrogens is 314 g/mol. The lowest BCUT2D eigenvalue weighted by Gasteiger charge is -2.33. The predicted octanol–water partition coefficient (Wildman–Crippen LogP) is 3.32. The van der Waals surface area contributed by atoms with Gasteiger partial charge < -0.3 is 9.47 Å². The first kappa shape index (κ1) is 17.7. The number of hydrogen-bond donors (Lipinski definition) is 0. The third-order valence-corrected chi connectivity index (χ3v) is 5.22. The van der Waals surface area contributed by atoms with Crippen LogP contribution in [0.15, 0.2) is 12.4 Å². The van der Waals surface area contributed by atoms with Crippen molar-refractivity contribution < 1.29 is 4.79 Å². The van der Waals surface area contributed by atoms with Crippen molar-refractivity contribution in [1.29, 1.82) is 0 Å². The second-order valence-electron chi connectivity index (χ2n) is 7.24.